The van der Waals surface area contributed by atoms with Crippen LogP contribution in [0.1, 0.15) is 32.9 Å². The first kappa shape index (κ1) is 18.2. The van der Waals surface area contributed by atoms with Gasteiger partial charge in [-0.05, 0) is 39.3 Å². The number of carboxylic acids is 1. The molecule has 0 aromatic carbocycles. The largest absolute Gasteiger partial charge is 0.481 e. The third-order valence-electron chi connectivity index (χ3n) is 3.85. The van der Waals surface area contributed by atoms with E-state index in [0.29, 0.717) is 19.5 Å². The third-order valence-corrected chi connectivity index (χ3v) is 3.85. The van der Waals surface area contributed by atoms with Crippen molar-refractivity contribution in [1.82, 2.24) is 15.2 Å². The molecule has 0 unspecified atom stereocenters. The second kappa shape index (κ2) is 7.61. The number of hydrogen-bond donors (Lipinski definition) is 2. The summed E-state index contributed by atoms with van der Waals surface area (Å²) in [7, 11) is 0. The summed E-state index contributed by atoms with van der Waals surface area (Å²) in [5, 5.41) is 12.8. The quantitative estimate of drug-likeness (QED) is 0.873. The Kier molecular flexibility index (Phi) is 5.77. The number of rotatable bonds is 4. The third kappa shape index (κ3) is 5.19. The van der Waals surface area contributed by atoms with Crippen molar-refractivity contribution < 1.29 is 19.4 Å². The van der Waals surface area contributed by atoms with E-state index in [1.807, 2.05) is 18.2 Å². The van der Waals surface area contributed by atoms with Crippen LogP contribution in [0, 0.1) is 5.92 Å². The Morgan fingerprint density at radius 1 is 1.42 bits per heavy atom. The van der Waals surface area contributed by atoms with Crippen molar-refractivity contribution in [3.8, 4) is 0 Å². The average molecular weight is 335 g/mol. The maximum atomic E-state index is 12.1. The Bertz CT molecular complexity index is 571. The number of amides is 1. The maximum Gasteiger partial charge on any atom is 0.410 e. The number of carbonyl (C=O) groups is 2. The van der Waals surface area contributed by atoms with Crippen molar-refractivity contribution in [3.05, 3.63) is 30.1 Å². The molecule has 0 bridgehead atoms. The maximum absolute atomic E-state index is 12.1. The molecule has 1 aromatic rings. The zero-order valence-electron chi connectivity index (χ0n) is 14.4. The summed E-state index contributed by atoms with van der Waals surface area (Å²) in [4.78, 5) is 29.4. The predicted molar refractivity (Wildman–Crippen MR) is 88.4 cm³/mol. The van der Waals surface area contributed by atoms with Gasteiger partial charge in [0.05, 0.1) is 11.6 Å². The van der Waals surface area contributed by atoms with Gasteiger partial charge in [0, 0.05) is 31.9 Å². The number of aliphatic carboxylic acids is 1. The molecule has 0 saturated carbocycles. The lowest BCUT2D eigenvalue weighted by Crippen LogP contribution is -2.54. The molecule has 2 rings (SSSR count). The standard InChI is InChI=1S/C17H25N3O4/c1-17(2,3)24-16(23)20-9-7-14(13(11-20)15(21)22)19-10-12-6-4-5-8-18-12/h4-6,8,13-14,19H,7,9-11H2,1-3H3,(H,21,22)/t13-,14+/m1/s1. The van der Waals surface area contributed by atoms with Crippen LogP contribution in [0.5, 0.6) is 0 Å². The number of carbonyl (C=O) groups excluding carboxylic acids is 1. The van der Waals surface area contributed by atoms with Crippen LogP contribution < -0.4 is 5.32 Å². The van der Waals surface area contributed by atoms with Gasteiger partial charge in [0.25, 0.3) is 0 Å². The van der Waals surface area contributed by atoms with E-state index in [1.165, 1.54) is 4.90 Å². The first-order valence-corrected chi connectivity index (χ1v) is 8.10. The minimum atomic E-state index is -0.915. The van der Waals surface area contributed by atoms with E-state index in [2.05, 4.69) is 10.3 Å². The van der Waals surface area contributed by atoms with Gasteiger partial charge < -0.3 is 20.1 Å². The summed E-state index contributed by atoms with van der Waals surface area (Å²) in [6.45, 7) is 6.49. The van der Waals surface area contributed by atoms with E-state index in [-0.39, 0.29) is 12.6 Å². The van der Waals surface area contributed by atoms with Gasteiger partial charge in [0.15, 0.2) is 0 Å². The SMILES string of the molecule is CC(C)(C)OC(=O)N1CC[C@H](NCc2ccccn2)[C@H](C(=O)O)C1. The van der Waals surface area contributed by atoms with E-state index in [0.717, 1.165) is 5.69 Å². The predicted octanol–water partition coefficient (Wildman–Crippen LogP) is 1.88. The molecular formula is C17H25N3O4. The number of aromatic nitrogens is 1. The number of piperidine rings is 1. The molecule has 0 aliphatic carbocycles. The molecule has 1 amide bonds. The number of pyridine rings is 1. The lowest BCUT2D eigenvalue weighted by Gasteiger charge is -2.37. The molecular weight excluding hydrogens is 310 g/mol. The normalized spacial score (nSPS) is 21.4. The summed E-state index contributed by atoms with van der Waals surface area (Å²) in [5.41, 5.74) is 0.264. The van der Waals surface area contributed by atoms with E-state index >= 15 is 0 Å². The Morgan fingerprint density at radius 2 is 2.17 bits per heavy atom. The molecule has 1 fully saturated rings. The van der Waals surface area contributed by atoms with Gasteiger partial charge in [-0.1, -0.05) is 6.07 Å². The number of ether oxygens (including phenoxy) is 1. The summed E-state index contributed by atoms with van der Waals surface area (Å²) in [6, 6.07) is 5.41. The molecule has 1 aromatic heterocycles. The molecule has 132 valence electrons. The van der Waals surface area contributed by atoms with Gasteiger partial charge in [-0.3, -0.25) is 9.78 Å². The van der Waals surface area contributed by atoms with Crippen LogP contribution in [0.2, 0.25) is 0 Å². The number of hydrogen-bond acceptors (Lipinski definition) is 5. The van der Waals surface area contributed by atoms with Crippen LogP contribution in [0.25, 0.3) is 0 Å². The summed E-state index contributed by atoms with van der Waals surface area (Å²) >= 11 is 0. The van der Waals surface area contributed by atoms with Crippen molar-refractivity contribution in [2.75, 3.05) is 13.1 Å². The molecule has 7 nitrogen and oxygen atoms in total. The molecule has 0 radical (unpaired) electrons. The Hall–Kier alpha value is -2.15. The molecule has 2 heterocycles. The lowest BCUT2D eigenvalue weighted by molar-refractivity contribution is -0.144. The molecule has 2 N–H and O–H groups in total. The van der Waals surface area contributed by atoms with Crippen LogP contribution in [-0.4, -0.2) is 51.8 Å². The highest BCUT2D eigenvalue weighted by Crippen LogP contribution is 2.20. The van der Waals surface area contributed by atoms with Crippen molar-refractivity contribution in [1.29, 1.82) is 0 Å². The summed E-state index contributed by atoms with van der Waals surface area (Å²) < 4.78 is 5.33. The highest BCUT2D eigenvalue weighted by atomic mass is 16.6. The Balaban J connectivity index is 1.95. The lowest BCUT2D eigenvalue weighted by atomic mass is 9.92. The smallest absolute Gasteiger partial charge is 0.410 e. The number of nitrogens with one attached hydrogen (secondary N) is 1. The van der Waals surface area contributed by atoms with Crippen molar-refractivity contribution in [3.63, 3.8) is 0 Å². The zero-order valence-corrected chi connectivity index (χ0v) is 14.4. The van der Waals surface area contributed by atoms with E-state index in [1.54, 1.807) is 27.0 Å². The summed E-state index contributed by atoms with van der Waals surface area (Å²) in [6.07, 6.45) is 1.80. The highest BCUT2D eigenvalue weighted by Gasteiger charge is 2.37. The fourth-order valence-electron chi connectivity index (χ4n) is 2.68. The van der Waals surface area contributed by atoms with Gasteiger partial charge in [0.2, 0.25) is 0 Å². The molecule has 24 heavy (non-hydrogen) atoms. The van der Waals surface area contributed by atoms with E-state index < -0.39 is 23.6 Å². The van der Waals surface area contributed by atoms with Gasteiger partial charge in [-0.15, -0.1) is 0 Å². The average Bonchev–Trinajstić information content (AvgIpc) is 2.52. The Morgan fingerprint density at radius 3 is 2.75 bits per heavy atom. The molecule has 0 spiro atoms. The molecule has 7 heteroatoms. The minimum absolute atomic E-state index is 0.143. The van der Waals surface area contributed by atoms with Crippen LogP contribution in [0.4, 0.5) is 4.79 Å². The van der Waals surface area contributed by atoms with Crippen molar-refractivity contribution >= 4 is 12.1 Å². The fourth-order valence-corrected chi connectivity index (χ4v) is 2.68. The highest BCUT2D eigenvalue weighted by molar-refractivity contribution is 5.74. The molecule has 2 atom stereocenters. The second-order valence-electron chi connectivity index (χ2n) is 6.97. The molecule has 1 saturated heterocycles. The van der Waals surface area contributed by atoms with Crippen molar-refractivity contribution in [2.24, 2.45) is 5.92 Å². The van der Waals surface area contributed by atoms with Crippen molar-refractivity contribution in [2.45, 2.75) is 45.4 Å². The number of nitrogens with zero attached hydrogens (tertiary/aromatic N) is 2. The van der Waals surface area contributed by atoms with Crippen LogP contribution in [-0.2, 0) is 16.1 Å². The fraction of sp³-hybridized carbons (Fsp3) is 0.588. The van der Waals surface area contributed by atoms with Crippen LogP contribution in [0.3, 0.4) is 0 Å². The topological polar surface area (TPSA) is 91.8 Å². The molecule has 1 aliphatic heterocycles. The van der Waals surface area contributed by atoms with E-state index in [9.17, 15) is 14.7 Å². The number of likely N-dealkylation sites (tertiary alicyclic amines) is 1. The minimum Gasteiger partial charge on any atom is -0.481 e. The second-order valence-corrected chi connectivity index (χ2v) is 6.97. The van der Waals surface area contributed by atoms with Gasteiger partial charge >= 0.3 is 12.1 Å². The van der Waals surface area contributed by atoms with Crippen LogP contribution in [0.15, 0.2) is 24.4 Å². The van der Waals surface area contributed by atoms with Gasteiger partial charge in [-0.2, -0.15) is 0 Å². The Labute approximate surface area is 142 Å². The first-order chi connectivity index (χ1) is 11.3. The van der Waals surface area contributed by atoms with Gasteiger partial charge in [0.1, 0.15) is 5.60 Å². The van der Waals surface area contributed by atoms with Gasteiger partial charge in [-0.25, -0.2) is 4.79 Å². The zero-order chi connectivity index (χ0) is 17.7. The summed E-state index contributed by atoms with van der Waals surface area (Å²) in [5.74, 6) is -1.59. The monoisotopic (exact) mass is 335 g/mol. The van der Waals surface area contributed by atoms with Crippen LogP contribution >= 0.6 is 0 Å². The number of carboxylic acid groups (broad SMARTS) is 1. The first-order valence-electron chi connectivity index (χ1n) is 8.10. The van der Waals surface area contributed by atoms with E-state index in [4.69, 9.17) is 4.74 Å². The molecule has 1 aliphatic rings.